The van der Waals surface area contributed by atoms with Crippen LogP contribution in [0.4, 0.5) is 0 Å². The van der Waals surface area contributed by atoms with E-state index < -0.39 is 0 Å². The molecule has 1 atom stereocenters. The first-order chi connectivity index (χ1) is 12.7. The summed E-state index contributed by atoms with van der Waals surface area (Å²) in [5.74, 6) is 1.60. The monoisotopic (exact) mass is 481 g/mol. The molecule has 3 rings (SSSR count). The molecule has 1 fully saturated rings. The molecule has 1 unspecified atom stereocenters. The Labute approximate surface area is 180 Å². The van der Waals surface area contributed by atoms with Gasteiger partial charge in [0.15, 0.2) is 5.96 Å². The smallest absolute Gasteiger partial charge is 0.193 e. The van der Waals surface area contributed by atoms with Crippen LogP contribution in [-0.2, 0) is 19.9 Å². The maximum atomic E-state index is 4.88. The Morgan fingerprint density at radius 2 is 1.96 bits per heavy atom. The fraction of sp³-hybridized carbons (Fsp3) is 0.524. The summed E-state index contributed by atoms with van der Waals surface area (Å²) < 4.78 is 1.89. The van der Waals surface area contributed by atoms with Gasteiger partial charge >= 0.3 is 0 Å². The first-order valence-electron chi connectivity index (χ1n) is 9.79. The van der Waals surface area contributed by atoms with Gasteiger partial charge in [0.1, 0.15) is 0 Å². The predicted octanol–water partition coefficient (Wildman–Crippen LogP) is 3.60. The number of nitrogens with zero attached hydrogens (tertiary/aromatic N) is 4. The van der Waals surface area contributed by atoms with E-state index in [1.807, 2.05) is 17.9 Å². The largest absolute Gasteiger partial charge is 0.357 e. The molecule has 27 heavy (non-hydrogen) atoms. The number of aliphatic imine (C=N–C) groups is 1. The van der Waals surface area contributed by atoms with Crippen molar-refractivity contribution in [2.75, 3.05) is 26.2 Å². The van der Waals surface area contributed by atoms with Crippen molar-refractivity contribution in [1.82, 2.24) is 20.0 Å². The number of aromatic nitrogens is 2. The number of hydrogen-bond donors (Lipinski definition) is 1. The first kappa shape index (κ1) is 21.7. The predicted molar refractivity (Wildman–Crippen MR) is 123 cm³/mol. The third kappa shape index (κ3) is 5.96. The van der Waals surface area contributed by atoms with E-state index in [0.717, 1.165) is 51.4 Å². The number of halogens is 1. The second kappa shape index (κ2) is 10.7. The summed E-state index contributed by atoms with van der Waals surface area (Å²) in [5, 5.41) is 7.78. The highest BCUT2D eigenvalue weighted by molar-refractivity contribution is 14.0. The zero-order valence-corrected chi connectivity index (χ0v) is 19.0. The van der Waals surface area contributed by atoms with Gasteiger partial charge in [-0.2, -0.15) is 5.10 Å². The average molecular weight is 481 g/mol. The molecule has 148 valence electrons. The molecule has 0 bridgehead atoms. The molecule has 0 saturated carbocycles. The molecule has 1 aromatic heterocycles. The van der Waals surface area contributed by atoms with Crippen LogP contribution in [0.15, 0.2) is 41.7 Å². The highest BCUT2D eigenvalue weighted by atomic mass is 127. The van der Waals surface area contributed by atoms with Gasteiger partial charge in [-0.3, -0.25) is 9.67 Å². The fourth-order valence-electron chi connectivity index (χ4n) is 3.53. The second-order valence-electron chi connectivity index (χ2n) is 7.03. The molecule has 2 aromatic rings. The van der Waals surface area contributed by atoms with Crippen LogP contribution in [0.5, 0.6) is 0 Å². The summed E-state index contributed by atoms with van der Waals surface area (Å²) in [6, 6.07) is 8.91. The van der Waals surface area contributed by atoms with E-state index in [0.29, 0.717) is 5.92 Å². The van der Waals surface area contributed by atoms with E-state index in [-0.39, 0.29) is 24.0 Å². The molecule has 6 heteroatoms. The van der Waals surface area contributed by atoms with Crippen LogP contribution in [0.2, 0.25) is 0 Å². The van der Waals surface area contributed by atoms with Crippen molar-refractivity contribution in [2.45, 2.75) is 39.0 Å². The van der Waals surface area contributed by atoms with Gasteiger partial charge in [-0.05, 0) is 42.9 Å². The van der Waals surface area contributed by atoms with Gasteiger partial charge < -0.3 is 10.2 Å². The van der Waals surface area contributed by atoms with Gasteiger partial charge in [-0.25, -0.2) is 0 Å². The molecule has 1 N–H and O–H groups in total. The normalized spacial score (nSPS) is 17.1. The summed E-state index contributed by atoms with van der Waals surface area (Å²) in [7, 11) is 1.98. The third-order valence-corrected chi connectivity index (χ3v) is 5.11. The Kier molecular flexibility index (Phi) is 8.60. The van der Waals surface area contributed by atoms with E-state index in [4.69, 9.17) is 4.99 Å². The van der Waals surface area contributed by atoms with E-state index in [9.17, 15) is 0 Å². The lowest BCUT2D eigenvalue weighted by Gasteiger charge is -2.21. The molecule has 0 radical (unpaired) electrons. The van der Waals surface area contributed by atoms with Crippen molar-refractivity contribution in [1.29, 1.82) is 0 Å². The lowest BCUT2D eigenvalue weighted by atomic mass is 10.0. The molecule has 0 amide bonds. The van der Waals surface area contributed by atoms with Gasteiger partial charge in [0.2, 0.25) is 0 Å². The Balaban J connectivity index is 0.00000261. The molecular formula is C21H32IN5. The quantitative estimate of drug-likeness (QED) is 0.390. The number of rotatable bonds is 6. The number of nitrogens with one attached hydrogen (secondary N) is 1. The topological polar surface area (TPSA) is 45.5 Å². The lowest BCUT2D eigenvalue weighted by Crippen LogP contribution is -2.40. The second-order valence-corrected chi connectivity index (χ2v) is 7.03. The Hall–Kier alpha value is -1.57. The van der Waals surface area contributed by atoms with Gasteiger partial charge in [-0.15, -0.1) is 24.0 Å². The van der Waals surface area contributed by atoms with Gasteiger partial charge in [0.25, 0.3) is 0 Å². The van der Waals surface area contributed by atoms with Crippen molar-refractivity contribution >= 4 is 29.9 Å². The summed E-state index contributed by atoms with van der Waals surface area (Å²) in [6.45, 7) is 8.11. The maximum Gasteiger partial charge on any atom is 0.193 e. The van der Waals surface area contributed by atoms with Gasteiger partial charge in [0.05, 0.1) is 6.20 Å². The van der Waals surface area contributed by atoms with Crippen molar-refractivity contribution in [3.05, 3.63) is 53.3 Å². The molecule has 0 aliphatic carbocycles. The Morgan fingerprint density at radius 1 is 1.22 bits per heavy atom. The Morgan fingerprint density at radius 3 is 2.59 bits per heavy atom. The molecule has 2 heterocycles. The summed E-state index contributed by atoms with van der Waals surface area (Å²) in [6.07, 6.45) is 7.37. The van der Waals surface area contributed by atoms with Crippen LogP contribution in [0.25, 0.3) is 0 Å². The van der Waals surface area contributed by atoms with E-state index in [1.54, 1.807) is 0 Å². The summed E-state index contributed by atoms with van der Waals surface area (Å²) in [5.41, 5.74) is 4.09. The van der Waals surface area contributed by atoms with Crippen LogP contribution in [0, 0.1) is 0 Å². The summed E-state index contributed by atoms with van der Waals surface area (Å²) >= 11 is 0. The van der Waals surface area contributed by atoms with Crippen LogP contribution in [0.1, 0.15) is 42.9 Å². The minimum absolute atomic E-state index is 0. The molecular weight excluding hydrogens is 449 g/mol. The van der Waals surface area contributed by atoms with E-state index >= 15 is 0 Å². The van der Waals surface area contributed by atoms with Crippen LogP contribution in [0.3, 0.4) is 0 Å². The molecule has 5 nitrogen and oxygen atoms in total. The molecule has 0 spiro atoms. The van der Waals surface area contributed by atoms with Crippen LogP contribution < -0.4 is 5.32 Å². The summed E-state index contributed by atoms with van der Waals surface area (Å²) in [4.78, 5) is 7.27. The number of benzene rings is 1. The van der Waals surface area contributed by atoms with E-state index in [1.165, 1.54) is 16.7 Å². The highest BCUT2D eigenvalue weighted by Gasteiger charge is 2.26. The number of guanidine groups is 1. The van der Waals surface area contributed by atoms with Crippen molar-refractivity contribution in [2.24, 2.45) is 12.0 Å². The third-order valence-electron chi connectivity index (χ3n) is 5.11. The van der Waals surface area contributed by atoms with Crippen LogP contribution in [-0.4, -0.2) is 46.8 Å². The first-order valence-corrected chi connectivity index (χ1v) is 9.79. The minimum Gasteiger partial charge on any atom is -0.357 e. The van der Waals surface area contributed by atoms with E-state index in [2.05, 4.69) is 59.6 Å². The molecule has 1 aromatic carbocycles. The highest BCUT2D eigenvalue weighted by Crippen LogP contribution is 2.26. The van der Waals surface area contributed by atoms with Crippen molar-refractivity contribution in [3.63, 3.8) is 0 Å². The molecule has 1 aliphatic rings. The van der Waals surface area contributed by atoms with Crippen LogP contribution >= 0.6 is 24.0 Å². The number of hydrogen-bond acceptors (Lipinski definition) is 2. The number of likely N-dealkylation sites (tertiary alicyclic amines) is 1. The fourth-order valence-corrected chi connectivity index (χ4v) is 3.53. The Bertz CT molecular complexity index is 722. The number of aryl methyl sites for hydroxylation is 2. The van der Waals surface area contributed by atoms with Crippen molar-refractivity contribution in [3.8, 4) is 0 Å². The van der Waals surface area contributed by atoms with Gasteiger partial charge in [0, 0.05) is 45.3 Å². The average Bonchev–Trinajstić information content (AvgIpc) is 3.30. The molecule has 1 aliphatic heterocycles. The minimum atomic E-state index is 0. The van der Waals surface area contributed by atoms with Gasteiger partial charge in [-0.1, -0.05) is 31.2 Å². The zero-order chi connectivity index (χ0) is 18.4. The van der Waals surface area contributed by atoms with Crippen molar-refractivity contribution < 1.29 is 0 Å². The molecule has 1 saturated heterocycles. The SMILES string of the molecule is CCNC(=NCCc1ccc(CC)cc1)N1CCC(c2cnn(C)c2)C1.I. The zero-order valence-electron chi connectivity index (χ0n) is 16.7. The lowest BCUT2D eigenvalue weighted by molar-refractivity contribution is 0.486. The standard InChI is InChI=1S/C21H31N5.HI/c1-4-17-6-8-18(9-7-17)10-12-23-21(22-5-2)26-13-11-19(16-26)20-14-24-25(3)15-20;/h6-9,14-15,19H,4-5,10-13,16H2,1-3H3,(H,22,23);1H. The maximum absolute atomic E-state index is 4.88.